The maximum atomic E-state index is 11.8. The van der Waals surface area contributed by atoms with Gasteiger partial charge >= 0.3 is 5.97 Å². The smallest absolute Gasteiger partial charge is 0.338 e. The molecule has 24 heavy (non-hydrogen) atoms. The van der Waals surface area contributed by atoms with E-state index in [1.54, 1.807) is 6.92 Å². The van der Waals surface area contributed by atoms with E-state index in [4.69, 9.17) is 16.3 Å². The fraction of sp³-hybridized carbons (Fsp3) is 0.125. The Kier molecular flexibility index (Phi) is 5.49. The zero-order valence-electron chi connectivity index (χ0n) is 12.6. The van der Waals surface area contributed by atoms with E-state index in [1.807, 2.05) is 0 Å². The minimum absolute atomic E-state index is 0.106. The maximum absolute atomic E-state index is 11.8. The van der Waals surface area contributed by atoms with E-state index in [0.29, 0.717) is 10.6 Å². The van der Waals surface area contributed by atoms with Gasteiger partial charge in [0.05, 0.1) is 10.5 Å². The van der Waals surface area contributed by atoms with Crippen molar-refractivity contribution in [3.05, 3.63) is 68.7 Å². The Labute approximate surface area is 142 Å². The monoisotopic (exact) mass is 348 g/mol. The Bertz CT molecular complexity index is 790. The summed E-state index contributed by atoms with van der Waals surface area (Å²) in [4.78, 5) is 33.9. The zero-order valence-corrected chi connectivity index (χ0v) is 13.4. The summed E-state index contributed by atoms with van der Waals surface area (Å²) in [5.74, 6) is -1.27. The second-order valence-electron chi connectivity index (χ2n) is 4.89. The normalized spacial score (nSPS) is 10.1. The van der Waals surface area contributed by atoms with Crippen LogP contribution >= 0.6 is 11.6 Å². The third kappa shape index (κ3) is 4.53. The summed E-state index contributed by atoms with van der Waals surface area (Å²) < 4.78 is 4.88. The third-order valence-electron chi connectivity index (χ3n) is 3.10. The highest BCUT2D eigenvalue weighted by atomic mass is 35.5. The summed E-state index contributed by atoms with van der Waals surface area (Å²) in [5.41, 5.74) is 0.885. The number of hydrogen-bond acceptors (Lipinski definition) is 5. The second-order valence-corrected chi connectivity index (χ2v) is 5.33. The van der Waals surface area contributed by atoms with Crippen LogP contribution in [0.3, 0.4) is 0 Å². The molecule has 8 heteroatoms. The molecule has 1 N–H and O–H groups in total. The van der Waals surface area contributed by atoms with Crippen LogP contribution in [0, 0.1) is 17.0 Å². The summed E-state index contributed by atoms with van der Waals surface area (Å²) in [6.07, 6.45) is 0. The van der Waals surface area contributed by atoms with Gasteiger partial charge in [0, 0.05) is 22.3 Å². The van der Waals surface area contributed by atoms with Crippen molar-refractivity contribution in [2.45, 2.75) is 6.92 Å². The van der Waals surface area contributed by atoms with Gasteiger partial charge in [0.2, 0.25) is 0 Å². The molecule has 1 amide bonds. The number of ether oxygens (including phenoxy) is 1. The molecule has 0 atom stereocenters. The molecule has 7 nitrogen and oxygen atoms in total. The van der Waals surface area contributed by atoms with Crippen LogP contribution in [0.25, 0.3) is 0 Å². The van der Waals surface area contributed by atoms with Crippen molar-refractivity contribution in [3.8, 4) is 0 Å². The predicted octanol–water partition coefficient (Wildman–Crippen LogP) is 3.35. The van der Waals surface area contributed by atoms with Crippen LogP contribution in [-0.4, -0.2) is 23.4 Å². The molecule has 2 aromatic carbocycles. The van der Waals surface area contributed by atoms with Crippen molar-refractivity contribution < 1.29 is 19.2 Å². The van der Waals surface area contributed by atoms with Gasteiger partial charge < -0.3 is 10.1 Å². The van der Waals surface area contributed by atoms with Gasteiger partial charge in [-0.25, -0.2) is 4.79 Å². The summed E-state index contributed by atoms with van der Waals surface area (Å²) in [6.45, 7) is 1.08. The lowest BCUT2D eigenvalue weighted by Crippen LogP contribution is -2.21. The summed E-state index contributed by atoms with van der Waals surface area (Å²) >= 11 is 5.72. The fourth-order valence-electron chi connectivity index (χ4n) is 1.88. The van der Waals surface area contributed by atoms with E-state index >= 15 is 0 Å². The SMILES string of the molecule is Cc1ccc(NC(=O)COC(=O)c2ccc(Cl)cc2)cc1[N+](=O)[O-]. The summed E-state index contributed by atoms with van der Waals surface area (Å²) in [6, 6.07) is 10.3. The van der Waals surface area contributed by atoms with Crippen LogP contribution in [0.2, 0.25) is 5.02 Å². The van der Waals surface area contributed by atoms with Crippen molar-refractivity contribution in [3.63, 3.8) is 0 Å². The number of carbonyl (C=O) groups excluding carboxylic acids is 2. The van der Waals surface area contributed by atoms with Crippen LogP contribution in [0.4, 0.5) is 11.4 Å². The second kappa shape index (κ2) is 7.56. The largest absolute Gasteiger partial charge is 0.452 e. The van der Waals surface area contributed by atoms with Gasteiger partial charge in [-0.15, -0.1) is 0 Å². The molecule has 2 aromatic rings. The topological polar surface area (TPSA) is 98.5 Å². The molecule has 0 saturated carbocycles. The Morgan fingerprint density at radius 3 is 2.50 bits per heavy atom. The maximum Gasteiger partial charge on any atom is 0.338 e. The first-order chi connectivity index (χ1) is 11.4. The molecule has 0 radical (unpaired) electrons. The Hall–Kier alpha value is -2.93. The lowest BCUT2D eigenvalue weighted by atomic mass is 10.2. The Morgan fingerprint density at radius 2 is 1.88 bits per heavy atom. The molecule has 0 spiro atoms. The minimum Gasteiger partial charge on any atom is -0.452 e. The number of hydrogen-bond donors (Lipinski definition) is 1. The number of aryl methyl sites for hydroxylation is 1. The zero-order chi connectivity index (χ0) is 17.7. The van der Waals surface area contributed by atoms with E-state index in [2.05, 4.69) is 5.32 Å². The summed E-state index contributed by atoms with van der Waals surface area (Å²) in [5, 5.41) is 13.8. The van der Waals surface area contributed by atoms with E-state index in [-0.39, 0.29) is 16.9 Å². The standard InChI is InChI=1S/C16H13ClN2O5/c1-10-2-7-13(8-14(10)19(22)23)18-15(20)9-24-16(21)11-3-5-12(17)6-4-11/h2-8H,9H2,1H3,(H,18,20). The number of nitro groups is 1. The molecule has 0 aliphatic heterocycles. The first-order valence-electron chi connectivity index (χ1n) is 6.84. The minimum atomic E-state index is -0.670. The highest BCUT2D eigenvalue weighted by molar-refractivity contribution is 6.30. The molecule has 0 unspecified atom stereocenters. The lowest BCUT2D eigenvalue weighted by Gasteiger charge is -2.07. The average Bonchev–Trinajstić information content (AvgIpc) is 2.55. The van der Waals surface area contributed by atoms with Crippen LogP contribution < -0.4 is 5.32 Å². The van der Waals surface area contributed by atoms with Gasteiger partial charge in [-0.05, 0) is 37.3 Å². The van der Waals surface area contributed by atoms with E-state index in [1.165, 1.54) is 42.5 Å². The molecule has 0 bridgehead atoms. The Balaban J connectivity index is 1.94. The van der Waals surface area contributed by atoms with Gasteiger partial charge in [0.25, 0.3) is 11.6 Å². The van der Waals surface area contributed by atoms with Crippen LogP contribution in [-0.2, 0) is 9.53 Å². The quantitative estimate of drug-likeness (QED) is 0.507. The number of amides is 1. The molecular weight excluding hydrogens is 336 g/mol. The van der Waals surface area contributed by atoms with Crippen molar-refractivity contribution in [2.24, 2.45) is 0 Å². The lowest BCUT2D eigenvalue weighted by molar-refractivity contribution is -0.385. The molecule has 0 aromatic heterocycles. The molecule has 0 saturated heterocycles. The van der Waals surface area contributed by atoms with Crippen molar-refractivity contribution in [1.29, 1.82) is 0 Å². The van der Waals surface area contributed by atoms with E-state index in [0.717, 1.165) is 0 Å². The van der Waals surface area contributed by atoms with Crippen LogP contribution in [0.15, 0.2) is 42.5 Å². The number of carbonyl (C=O) groups is 2. The number of anilines is 1. The highest BCUT2D eigenvalue weighted by Gasteiger charge is 2.14. The fourth-order valence-corrected chi connectivity index (χ4v) is 2.01. The molecule has 0 aliphatic carbocycles. The number of esters is 1. The Morgan fingerprint density at radius 1 is 1.21 bits per heavy atom. The molecule has 0 aliphatic rings. The number of nitro benzene ring substituents is 1. The van der Waals surface area contributed by atoms with Gasteiger partial charge in [-0.1, -0.05) is 17.7 Å². The molecule has 0 heterocycles. The molecular formula is C16H13ClN2O5. The summed E-state index contributed by atoms with van der Waals surface area (Å²) in [7, 11) is 0. The highest BCUT2D eigenvalue weighted by Crippen LogP contribution is 2.22. The number of rotatable bonds is 5. The predicted molar refractivity (Wildman–Crippen MR) is 88.2 cm³/mol. The van der Waals surface area contributed by atoms with Crippen molar-refractivity contribution >= 4 is 34.9 Å². The van der Waals surface area contributed by atoms with Gasteiger partial charge in [-0.2, -0.15) is 0 Å². The first-order valence-corrected chi connectivity index (χ1v) is 7.22. The number of nitrogens with zero attached hydrogens (tertiary/aromatic N) is 1. The average molecular weight is 349 g/mol. The van der Waals surface area contributed by atoms with Crippen LogP contribution in [0.1, 0.15) is 15.9 Å². The first kappa shape index (κ1) is 17.4. The van der Waals surface area contributed by atoms with E-state index < -0.39 is 23.4 Å². The molecule has 124 valence electrons. The number of nitrogens with one attached hydrogen (secondary N) is 1. The van der Waals surface area contributed by atoms with Crippen molar-refractivity contribution in [1.82, 2.24) is 0 Å². The molecule has 2 rings (SSSR count). The van der Waals surface area contributed by atoms with Gasteiger partial charge in [0.1, 0.15) is 0 Å². The van der Waals surface area contributed by atoms with Gasteiger partial charge in [-0.3, -0.25) is 14.9 Å². The number of halogens is 1. The third-order valence-corrected chi connectivity index (χ3v) is 3.36. The molecule has 0 fully saturated rings. The van der Waals surface area contributed by atoms with Crippen molar-refractivity contribution in [2.75, 3.05) is 11.9 Å². The van der Waals surface area contributed by atoms with Gasteiger partial charge in [0.15, 0.2) is 6.61 Å². The number of benzene rings is 2. The van der Waals surface area contributed by atoms with Crippen LogP contribution in [0.5, 0.6) is 0 Å². The van der Waals surface area contributed by atoms with E-state index in [9.17, 15) is 19.7 Å².